The summed E-state index contributed by atoms with van der Waals surface area (Å²) in [5.41, 5.74) is 2.70. The van der Waals surface area contributed by atoms with Crippen LogP contribution in [0.1, 0.15) is 12.5 Å². The first-order chi connectivity index (χ1) is 10.6. The zero-order valence-corrected chi connectivity index (χ0v) is 12.1. The minimum atomic E-state index is -0.428. The molecule has 0 fully saturated rings. The van der Waals surface area contributed by atoms with Crippen LogP contribution in [0.5, 0.6) is 0 Å². The molecule has 0 aliphatic heterocycles. The highest BCUT2D eigenvalue weighted by Gasteiger charge is 2.05. The molecule has 5 nitrogen and oxygen atoms in total. The second kappa shape index (κ2) is 7.17. The van der Waals surface area contributed by atoms with E-state index in [1.807, 2.05) is 24.3 Å². The lowest BCUT2D eigenvalue weighted by molar-refractivity contribution is -0.384. The Hall–Kier alpha value is -2.95. The number of carbonyl (C=O) groups is 1. The number of rotatable bonds is 5. The number of benzene rings is 2. The highest BCUT2D eigenvalue weighted by molar-refractivity contribution is 5.87. The number of esters is 1. The lowest BCUT2D eigenvalue weighted by Gasteiger charge is -2.03. The van der Waals surface area contributed by atoms with Gasteiger partial charge in [0, 0.05) is 18.2 Å². The lowest BCUT2D eigenvalue weighted by Crippen LogP contribution is -1.98. The van der Waals surface area contributed by atoms with Crippen LogP contribution in [0.15, 0.2) is 54.6 Å². The summed E-state index contributed by atoms with van der Waals surface area (Å²) in [6, 6.07) is 13.9. The van der Waals surface area contributed by atoms with Crippen LogP contribution in [0, 0.1) is 10.1 Å². The summed E-state index contributed by atoms with van der Waals surface area (Å²) in [5, 5.41) is 10.7. The van der Waals surface area contributed by atoms with Gasteiger partial charge in [0.05, 0.1) is 11.5 Å². The summed E-state index contributed by atoms with van der Waals surface area (Å²) in [5.74, 6) is -0.386. The smallest absolute Gasteiger partial charge is 0.330 e. The van der Waals surface area contributed by atoms with Crippen molar-refractivity contribution in [1.82, 2.24) is 0 Å². The number of non-ortho nitro benzene ring substituents is 1. The molecular formula is C17H15NO4. The number of nitro benzene ring substituents is 1. The van der Waals surface area contributed by atoms with E-state index in [0.717, 1.165) is 16.7 Å². The quantitative estimate of drug-likeness (QED) is 0.364. The van der Waals surface area contributed by atoms with Crippen molar-refractivity contribution in [1.29, 1.82) is 0 Å². The predicted octanol–water partition coefficient (Wildman–Crippen LogP) is 3.84. The van der Waals surface area contributed by atoms with E-state index in [2.05, 4.69) is 0 Å². The topological polar surface area (TPSA) is 69.4 Å². The van der Waals surface area contributed by atoms with Gasteiger partial charge in [-0.15, -0.1) is 0 Å². The maximum Gasteiger partial charge on any atom is 0.330 e. The van der Waals surface area contributed by atoms with Crippen molar-refractivity contribution in [3.05, 3.63) is 70.3 Å². The van der Waals surface area contributed by atoms with Crippen molar-refractivity contribution in [2.24, 2.45) is 0 Å². The van der Waals surface area contributed by atoms with Crippen molar-refractivity contribution >= 4 is 17.7 Å². The number of carbonyl (C=O) groups excluding carboxylic acids is 1. The zero-order valence-electron chi connectivity index (χ0n) is 12.1. The fraction of sp³-hybridized carbons (Fsp3) is 0.118. The van der Waals surface area contributed by atoms with E-state index in [-0.39, 0.29) is 11.7 Å². The van der Waals surface area contributed by atoms with Gasteiger partial charge in [0.1, 0.15) is 0 Å². The van der Waals surface area contributed by atoms with Gasteiger partial charge in [-0.05, 0) is 47.9 Å². The molecule has 0 unspecified atom stereocenters. The van der Waals surface area contributed by atoms with E-state index in [4.69, 9.17) is 4.74 Å². The van der Waals surface area contributed by atoms with Crippen molar-refractivity contribution in [2.45, 2.75) is 6.92 Å². The monoisotopic (exact) mass is 297 g/mol. The highest BCUT2D eigenvalue weighted by atomic mass is 16.6. The van der Waals surface area contributed by atoms with E-state index in [1.165, 1.54) is 18.2 Å². The summed E-state index contributed by atoms with van der Waals surface area (Å²) in [6.07, 6.45) is 3.05. The third-order valence-corrected chi connectivity index (χ3v) is 3.00. The molecule has 0 bridgehead atoms. The second-order valence-electron chi connectivity index (χ2n) is 4.51. The summed E-state index contributed by atoms with van der Waals surface area (Å²) in [4.78, 5) is 21.5. The molecule has 0 saturated heterocycles. The number of nitro groups is 1. The minimum absolute atomic E-state index is 0.0575. The van der Waals surface area contributed by atoms with Crippen LogP contribution in [0.4, 0.5) is 5.69 Å². The van der Waals surface area contributed by atoms with Crippen molar-refractivity contribution in [2.75, 3.05) is 6.61 Å². The summed E-state index contributed by atoms with van der Waals surface area (Å²) in [7, 11) is 0. The molecule has 0 radical (unpaired) electrons. The first-order valence-corrected chi connectivity index (χ1v) is 6.80. The largest absolute Gasteiger partial charge is 0.463 e. The molecule has 112 valence electrons. The fourth-order valence-corrected chi connectivity index (χ4v) is 1.95. The maximum atomic E-state index is 11.3. The molecule has 0 aliphatic carbocycles. The van der Waals surface area contributed by atoms with Gasteiger partial charge >= 0.3 is 5.97 Å². The summed E-state index contributed by atoms with van der Waals surface area (Å²) in [6.45, 7) is 2.09. The standard InChI is InChI=1S/C17H15NO4/c1-2-22-17(19)11-6-13-4-3-5-15(12-13)14-7-9-16(10-8-14)18(20)21/h3-12H,2H2,1H3/b11-6+. The van der Waals surface area contributed by atoms with Crippen LogP contribution >= 0.6 is 0 Å². The highest BCUT2D eigenvalue weighted by Crippen LogP contribution is 2.23. The van der Waals surface area contributed by atoms with Gasteiger partial charge < -0.3 is 4.74 Å². The minimum Gasteiger partial charge on any atom is -0.463 e. The molecule has 2 aromatic carbocycles. The molecule has 2 aromatic rings. The van der Waals surface area contributed by atoms with E-state index in [9.17, 15) is 14.9 Å². The van der Waals surface area contributed by atoms with Gasteiger partial charge in [-0.25, -0.2) is 4.79 Å². The Morgan fingerprint density at radius 2 is 1.91 bits per heavy atom. The van der Waals surface area contributed by atoms with Gasteiger partial charge in [0.2, 0.25) is 0 Å². The molecule has 0 amide bonds. The molecule has 0 atom stereocenters. The Balaban J connectivity index is 2.21. The third kappa shape index (κ3) is 4.02. The molecule has 22 heavy (non-hydrogen) atoms. The molecule has 0 aliphatic rings. The molecular weight excluding hydrogens is 282 g/mol. The number of ether oxygens (including phenoxy) is 1. The van der Waals surface area contributed by atoms with Crippen molar-refractivity contribution in [3.63, 3.8) is 0 Å². The Morgan fingerprint density at radius 1 is 1.18 bits per heavy atom. The first kappa shape index (κ1) is 15.4. The fourth-order valence-electron chi connectivity index (χ4n) is 1.95. The molecule has 0 N–H and O–H groups in total. The van der Waals surface area contributed by atoms with Crippen molar-refractivity contribution in [3.8, 4) is 11.1 Å². The summed E-state index contributed by atoms with van der Waals surface area (Å²) >= 11 is 0. The molecule has 0 saturated carbocycles. The SMILES string of the molecule is CCOC(=O)/C=C/c1cccc(-c2ccc([N+](=O)[O-])cc2)c1. The average molecular weight is 297 g/mol. The Morgan fingerprint density at radius 3 is 2.55 bits per heavy atom. The molecule has 2 rings (SSSR count). The van der Waals surface area contributed by atoms with Crippen LogP contribution in [-0.2, 0) is 9.53 Å². The molecule has 5 heteroatoms. The van der Waals surface area contributed by atoms with Gasteiger partial charge in [-0.1, -0.05) is 18.2 Å². The van der Waals surface area contributed by atoms with Crippen molar-refractivity contribution < 1.29 is 14.5 Å². The molecule has 0 spiro atoms. The predicted molar refractivity (Wildman–Crippen MR) is 84.2 cm³/mol. The molecule has 0 heterocycles. The average Bonchev–Trinajstić information content (AvgIpc) is 2.53. The Kier molecular flexibility index (Phi) is 5.03. The summed E-state index contributed by atoms with van der Waals surface area (Å²) < 4.78 is 4.82. The van der Waals surface area contributed by atoms with Crippen LogP contribution in [0.2, 0.25) is 0 Å². The van der Waals surface area contributed by atoms with Crippen LogP contribution in [0.3, 0.4) is 0 Å². The number of nitrogens with zero attached hydrogens (tertiary/aromatic N) is 1. The van der Waals surface area contributed by atoms with Crippen LogP contribution in [-0.4, -0.2) is 17.5 Å². The van der Waals surface area contributed by atoms with Gasteiger partial charge in [-0.2, -0.15) is 0 Å². The normalized spacial score (nSPS) is 10.6. The second-order valence-corrected chi connectivity index (χ2v) is 4.51. The molecule has 0 aromatic heterocycles. The lowest BCUT2D eigenvalue weighted by atomic mass is 10.0. The number of hydrogen-bond donors (Lipinski definition) is 0. The number of hydrogen-bond acceptors (Lipinski definition) is 4. The van der Waals surface area contributed by atoms with Gasteiger partial charge in [0.25, 0.3) is 5.69 Å². The van der Waals surface area contributed by atoms with Gasteiger partial charge in [0.15, 0.2) is 0 Å². The van der Waals surface area contributed by atoms with Crippen LogP contribution < -0.4 is 0 Å². The first-order valence-electron chi connectivity index (χ1n) is 6.80. The van der Waals surface area contributed by atoms with E-state index in [1.54, 1.807) is 25.1 Å². The van der Waals surface area contributed by atoms with E-state index < -0.39 is 4.92 Å². The zero-order chi connectivity index (χ0) is 15.9. The maximum absolute atomic E-state index is 11.3. The Bertz CT molecular complexity index is 705. The third-order valence-electron chi connectivity index (χ3n) is 3.00. The van der Waals surface area contributed by atoms with E-state index in [0.29, 0.717) is 6.61 Å². The van der Waals surface area contributed by atoms with Crippen LogP contribution in [0.25, 0.3) is 17.2 Å². The Labute approximate surface area is 128 Å². The van der Waals surface area contributed by atoms with E-state index >= 15 is 0 Å². The van der Waals surface area contributed by atoms with Gasteiger partial charge in [-0.3, -0.25) is 10.1 Å².